The van der Waals surface area contributed by atoms with E-state index in [0.29, 0.717) is 13.2 Å². The second kappa shape index (κ2) is 5.26. The van der Waals surface area contributed by atoms with Crippen LogP contribution in [-0.4, -0.2) is 34.3 Å². The van der Waals surface area contributed by atoms with Crippen LogP contribution in [0, 0.1) is 0 Å². The van der Waals surface area contributed by atoms with E-state index in [-0.39, 0.29) is 5.56 Å². The van der Waals surface area contributed by atoms with Crippen molar-refractivity contribution in [3.8, 4) is 0 Å². The number of carboxylic acid groups (broad SMARTS) is 1. The Bertz CT molecular complexity index is 399. The van der Waals surface area contributed by atoms with E-state index in [1.54, 1.807) is 11.7 Å². The van der Waals surface area contributed by atoms with Crippen LogP contribution in [0.3, 0.4) is 0 Å². The van der Waals surface area contributed by atoms with E-state index >= 15 is 0 Å². The SMILES string of the molecule is COCCCn1cnc(=O)c(C(=O)O)c1. The van der Waals surface area contributed by atoms with Crippen molar-refractivity contribution in [1.82, 2.24) is 9.55 Å². The van der Waals surface area contributed by atoms with Gasteiger partial charge in [-0.05, 0) is 6.42 Å². The minimum absolute atomic E-state index is 0.310. The number of hydrogen-bond acceptors (Lipinski definition) is 4. The zero-order chi connectivity index (χ0) is 11.3. The molecule has 0 aromatic carbocycles. The Labute approximate surface area is 86.1 Å². The maximum absolute atomic E-state index is 11.0. The first-order valence-corrected chi connectivity index (χ1v) is 4.43. The largest absolute Gasteiger partial charge is 0.477 e. The van der Waals surface area contributed by atoms with Crippen molar-refractivity contribution >= 4 is 5.97 Å². The molecule has 0 fully saturated rings. The summed E-state index contributed by atoms with van der Waals surface area (Å²) in [5, 5.41) is 8.68. The molecule has 0 bridgehead atoms. The molecule has 6 heteroatoms. The molecule has 15 heavy (non-hydrogen) atoms. The molecule has 1 rings (SSSR count). The first-order valence-electron chi connectivity index (χ1n) is 4.43. The lowest BCUT2D eigenvalue weighted by Crippen LogP contribution is -2.20. The fourth-order valence-corrected chi connectivity index (χ4v) is 1.11. The van der Waals surface area contributed by atoms with Gasteiger partial charge in [-0.2, -0.15) is 4.98 Å². The van der Waals surface area contributed by atoms with Gasteiger partial charge in [0.1, 0.15) is 5.56 Å². The molecular weight excluding hydrogens is 200 g/mol. The third-order valence-electron chi connectivity index (χ3n) is 1.84. The van der Waals surface area contributed by atoms with Gasteiger partial charge >= 0.3 is 5.97 Å². The Morgan fingerprint density at radius 3 is 3.00 bits per heavy atom. The summed E-state index contributed by atoms with van der Waals surface area (Å²) < 4.78 is 6.41. The molecule has 0 spiro atoms. The first-order chi connectivity index (χ1) is 7.15. The molecule has 0 unspecified atom stereocenters. The summed E-state index contributed by atoms with van der Waals surface area (Å²) in [5.74, 6) is -1.26. The van der Waals surface area contributed by atoms with Gasteiger partial charge < -0.3 is 14.4 Å². The van der Waals surface area contributed by atoms with E-state index in [2.05, 4.69) is 4.98 Å². The number of methoxy groups -OCH3 is 1. The lowest BCUT2D eigenvalue weighted by atomic mass is 10.3. The number of carboxylic acids is 1. The van der Waals surface area contributed by atoms with Crippen molar-refractivity contribution in [3.63, 3.8) is 0 Å². The molecule has 0 saturated carbocycles. The van der Waals surface area contributed by atoms with E-state index in [1.807, 2.05) is 0 Å². The van der Waals surface area contributed by atoms with Gasteiger partial charge in [0.15, 0.2) is 0 Å². The normalized spacial score (nSPS) is 10.2. The minimum Gasteiger partial charge on any atom is -0.477 e. The van der Waals surface area contributed by atoms with Crippen LogP contribution in [0.15, 0.2) is 17.3 Å². The highest BCUT2D eigenvalue weighted by molar-refractivity contribution is 5.86. The predicted molar refractivity (Wildman–Crippen MR) is 51.9 cm³/mol. The van der Waals surface area contributed by atoms with E-state index in [9.17, 15) is 9.59 Å². The fraction of sp³-hybridized carbons (Fsp3) is 0.444. The molecule has 0 radical (unpaired) electrons. The molecule has 0 aliphatic carbocycles. The number of aromatic nitrogens is 2. The molecule has 0 aliphatic heterocycles. The van der Waals surface area contributed by atoms with Gasteiger partial charge in [-0.15, -0.1) is 0 Å². The summed E-state index contributed by atoms with van der Waals surface area (Å²) in [7, 11) is 1.59. The van der Waals surface area contributed by atoms with Crippen LogP contribution in [0.1, 0.15) is 16.8 Å². The number of rotatable bonds is 5. The van der Waals surface area contributed by atoms with Crippen molar-refractivity contribution in [1.29, 1.82) is 0 Å². The lowest BCUT2D eigenvalue weighted by molar-refractivity contribution is 0.0693. The average Bonchev–Trinajstić information content (AvgIpc) is 2.20. The molecule has 1 heterocycles. The van der Waals surface area contributed by atoms with E-state index < -0.39 is 11.5 Å². The highest BCUT2D eigenvalue weighted by atomic mass is 16.5. The highest BCUT2D eigenvalue weighted by Crippen LogP contribution is 1.93. The number of carbonyl (C=O) groups is 1. The molecular formula is C9H12N2O4. The van der Waals surface area contributed by atoms with Gasteiger partial charge in [0, 0.05) is 26.5 Å². The van der Waals surface area contributed by atoms with E-state index in [0.717, 1.165) is 6.42 Å². The van der Waals surface area contributed by atoms with Crippen molar-refractivity contribution in [3.05, 3.63) is 28.4 Å². The van der Waals surface area contributed by atoms with Crippen molar-refractivity contribution in [2.75, 3.05) is 13.7 Å². The van der Waals surface area contributed by atoms with E-state index in [1.165, 1.54) is 12.5 Å². The van der Waals surface area contributed by atoms with Crippen molar-refractivity contribution in [2.24, 2.45) is 0 Å². The summed E-state index contributed by atoms with van der Waals surface area (Å²) in [6.07, 6.45) is 3.35. The monoisotopic (exact) mass is 212 g/mol. The number of hydrogen-bond donors (Lipinski definition) is 1. The maximum atomic E-state index is 11.0. The third kappa shape index (κ3) is 3.17. The molecule has 1 aromatic heterocycles. The van der Waals surface area contributed by atoms with Crippen LogP contribution in [-0.2, 0) is 11.3 Å². The average molecular weight is 212 g/mol. The van der Waals surface area contributed by atoms with Gasteiger partial charge in [0.05, 0.1) is 6.33 Å². The standard InChI is InChI=1S/C9H12N2O4/c1-15-4-2-3-11-5-7(9(13)14)8(12)10-6-11/h5-6H,2-4H2,1H3,(H,13,14). The Balaban J connectivity index is 2.79. The molecule has 0 atom stereocenters. The van der Waals surface area contributed by atoms with Gasteiger partial charge in [-0.25, -0.2) is 4.79 Å². The molecule has 0 amide bonds. The van der Waals surface area contributed by atoms with Crippen LogP contribution in [0.25, 0.3) is 0 Å². The van der Waals surface area contributed by atoms with Crippen LogP contribution in [0.4, 0.5) is 0 Å². The van der Waals surface area contributed by atoms with Gasteiger partial charge in [-0.3, -0.25) is 4.79 Å². The number of nitrogens with zero attached hydrogens (tertiary/aromatic N) is 2. The van der Waals surface area contributed by atoms with Gasteiger partial charge in [-0.1, -0.05) is 0 Å². The second-order valence-electron chi connectivity index (χ2n) is 2.98. The Morgan fingerprint density at radius 1 is 1.67 bits per heavy atom. The molecule has 0 saturated heterocycles. The minimum atomic E-state index is -1.26. The Morgan fingerprint density at radius 2 is 2.40 bits per heavy atom. The zero-order valence-electron chi connectivity index (χ0n) is 8.34. The molecule has 82 valence electrons. The molecule has 1 aromatic rings. The topological polar surface area (TPSA) is 81.4 Å². The fourth-order valence-electron chi connectivity index (χ4n) is 1.11. The Hall–Kier alpha value is -1.69. The van der Waals surface area contributed by atoms with Crippen LogP contribution >= 0.6 is 0 Å². The van der Waals surface area contributed by atoms with Crippen LogP contribution in [0.5, 0.6) is 0 Å². The summed E-state index contributed by atoms with van der Waals surface area (Å²) in [6, 6.07) is 0. The first kappa shape index (κ1) is 11.4. The van der Waals surface area contributed by atoms with Crippen LogP contribution in [0.2, 0.25) is 0 Å². The molecule has 0 aliphatic rings. The molecule has 6 nitrogen and oxygen atoms in total. The highest BCUT2D eigenvalue weighted by Gasteiger charge is 2.09. The maximum Gasteiger partial charge on any atom is 0.342 e. The summed E-state index contributed by atoms with van der Waals surface area (Å²) >= 11 is 0. The molecule has 1 N–H and O–H groups in total. The van der Waals surface area contributed by atoms with E-state index in [4.69, 9.17) is 9.84 Å². The van der Waals surface area contributed by atoms with Gasteiger partial charge in [0.2, 0.25) is 0 Å². The van der Waals surface area contributed by atoms with Crippen molar-refractivity contribution < 1.29 is 14.6 Å². The third-order valence-corrected chi connectivity index (χ3v) is 1.84. The van der Waals surface area contributed by atoms with Gasteiger partial charge in [0.25, 0.3) is 5.56 Å². The number of aryl methyl sites for hydroxylation is 1. The lowest BCUT2D eigenvalue weighted by Gasteiger charge is -2.05. The second-order valence-corrected chi connectivity index (χ2v) is 2.98. The smallest absolute Gasteiger partial charge is 0.342 e. The number of aromatic carboxylic acids is 1. The quantitative estimate of drug-likeness (QED) is 0.693. The summed E-state index contributed by atoms with van der Waals surface area (Å²) in [6.45, 7) is 1.15. The predicted octanol–water partition coefficient (Wildman–Crippen LogP) is -0.0220. The summed E-state index contributed by atoms with van der Waals surface area (Å²) in [4.78, 5) is 25.1. The van der Waals surface area contributed by atoms with Crippen LogP contribution < -0.4 is 5.56 Å². The number of ether oxygens (including phenoxy) is 1. The van der Waals surface area contributed by atoms with Crippen molar-refractivity contribution in [2.45, 2.75) is 13.0 Å². The zero-order valence-corrected chi connectivity index (χ0v) is 8.34. The Kier molecular flexibility index (Phi) is 3.99. The summed E-state index contributed by atoms with van der Waals surface area (Å²) in [5.41, 5.74) is -1.03.